The molecule has 2 nitrogen and oxygen atoms in total. The molecule has 0 amide bonds. The SMILES string of the molecule is CC(C)c1c(Cl)nc(Cl)nc1Sc1ccccc1. The van der Waals surface area contributed by atoms with Crippen molar-refractivity contribution in [1.82, 2.24) is 9.97 Å². The van der Waals surface area contributed by atoms with Crippen LogP contribution in [-0.4, -0.2) is 9.97 Å². The van der Waals surface area contributed by atoms with Gasteiger partial charge in [0.15, 0.2) is 0 Å². The third-order valence-electron chi connectivity index (χ3n) is 2.37. The van der Waals surface area contributed by atoms with Gasteiger partial charge in [0, 0.05) is 10.5 Å². The molecule has 1 aromatic heterocycles. The van der Waals surface area contributed by atoms with Gasteiger partial charge in [-0.1, -0.05) is 55.4 Å². The average Bonchev–Trinajstić information content (AvgIpc) is 2.28. The first-order valence-electron chi connectivity index (χ1n) is 5.53. The first-order chi connectivity index (χ1) is 8.58. The standard InChI is InChI=1S/C13H12Cl2N2S/c1-8(2)10-11(14)16-13(15)17-12(10)18-9-6-4-3-5-7-9/h3-8H,1-2H3. The molecule has 1 aromatic carbocycles. The summed E-state index contributed by atoms with van der Waals surface area (Å²) in [7, 11) is 0. The number of aromatic nitrogens is 2. The van der Waals surface area contributed by atoms with E-state index < -0.39 is 0 Å². The topological polar surface area (TPSA) is 25.8 Å². The van der Waals surface area contributed by atoms with Crippen LogP contribution in [0.1, 0.15) is 25.3 Å². The summed E-state index contributed by atoms with van der Waals surface area (Å²) in [6.45, 7) is 4.13. The Morgan fingerprint density at radius 3 is 2.33 bits per heavy atom. The zero-order valence-corrected chi connectivity index (χ0v) is 12.4. The first kappa shape index (κ1) is 13.7. The highest BCUT2D eigenvalue weighted by atomic mass is 35.5. The fourth-order valence-corrected chi connectivity index (χ4v) is 3.36. The molecular weight excluding hydrogens is 287 g/mol. The minimum atomic E-state index is 0.183. The highest BCUT2D eigenvalue weighted by Gasteiger charge is 2.16. The summed E-state index contributed by atoms with van der Waals surface area (Å²) in [5.74, 6) is 0.251. The molecule has 18 heavy (non-hydrogen) atoms. The van der Waals surface area contributed by atoms with E-state index in [0.717, 1.165) is 15.5 Å². The summed E-state index contributed by atoms with van der Waals surface area (Å²) < 4.78 is 0. The van der Waals surface area contributed by atoms with E-state index in [1.807, 2.05) is 30.3 Å². The largest absolute Gasteiger partial charge is 0.224 e. The van der Waals surface area contributed by atoms with E-state index >= 15 is 0 Å². The smallest absolute Gasteiger partial charge is 0.211 e. The minimum Gasteiger partial charge on any atom is -0.211 e. The van der Waals surface area contributed by atoms with Crippen molar-refractivity contribution < 1.29 is 0 Å². The zero-order valence-electron chi connectivity index (χ0n) is 10.0. The van der Waals surface area contributed by atoms with E-state index in [-0.39, 0.29) is 11.2 Å². The summed E-state index contributed by atoms with van der Waals surface area (Å²) >= 11 is 13.6. The second kappa shape index (κ2) is 5.91. The Morgan fingerprint density at radius 2 is 1.72 bits per heavy atom. The van der Waals surface area contributed by atoms with Crippen LogP contribution in [0, 0.1) is 0 Å². The highest BCUT2D eigenvalue weighted by molar-refractivity contribution is 7.99. The predicted octanol–water partition coefficient (Wildman–Crippen LogP) is 5.06. The van der Waals surface area contributed by atoms with Crippen molar-refractivity contribution in [1.29, 1.82) is 0 Å². The average molecular weight is 299 g/mol. The van der Waals surface area contributed by atoms with E-state index in [1.165, 1.54) is 0 Å². The molecule has 0 atom stereocenters. The van der Waals surface area contributed by atoms with Crippen molar-refractivity contribution >= 4 is 35.0 Å². The summed E-state index contributed by atoms with van der Waals surface area (Å²) in [5, 5.41) is 1.44. The third kappa shape index (κ3) is 3.16. The second-order valence-electron chi connectivity index (χ2n) is 4.07. The van der Waals surface area contributed by atoms with Crippen molar-refractivity contribution in [2.24, 2.45) is 0 Å². The van der Waals surface area contributed by atoms with Crippen molar-refractivity contribution in [2.45, 2.75) is 29.7 Å². The van der Waals surface area contributed by atoms with E-state index in [4.69, 9.17) is 23.2 Å². The molecule has 0 aliphatic rings. The van der Waals surface area contributed by atoms with Gasteiger partial charge in [-0.25, -0.2) is 9.97 Å². The highest BCUT2D eigenvalue weighted by Crippen LogP contribution is 2.36. The summed E-state index contributed by atoms with van der Waals surface area (Å²) in [5.41, 5.74) is 0.940. The van der Waals surface area contributed by atoms with Crippen LogP contribution in [0.15, 0.2) is 40.3 Å². The van der Waals surface area contributed by atoms with E-state index in [2.05, 4.69) is 23.8 Å². The maximum absolute atomic E-state index is 6.15. The van der Waals surface area contributed by atoms with Gasteiger partial charge in [0.25, 0.3) is 0 Å². The normalized spacial score (nSPS) is 10.9. The molecule has 0 unspecified atom stereocenters. The van der Waals surface area contributed by atoms with E-state index in [1.54, 1.807) is 11.8 Å². The van der Waals surface area contributed by atoms with Gasteiger partial charge in [0.05, 0.1) is 0 Å². The molecule has 0 aliphatic heterocycles. The number of nitrogens with zero attached hydrogens (tertiary/aromatic N) is 2. The number of halogens is 2. The van der Waals surface area contributed by atoms with Crippen molar-refractivity contribution in [3.8, 4) is 0 Å². The molecule has 0 aliphatic carbocycles. The van der Waals surface area contributed by atoms with Gasteiger partial charge >= 0.3 is 0 Å². The lowest BCUT2D eigenvalue weighted by Gasteiger charge is -2.12. The van der Waals surface area contributed by atoms with Crippen LogP contribution >= 0.6 is 35.0 Å². The number of benzene rings is 1. The fourth-order valence-electron chi connectivity index (χ4n) is 1.56. The monoisotopic (exact) mass is 298 g/mol. The van der Waals surface area contributed by atoms with Crippen LogP contribution < -0.4 is 0 Å². The van der Waals surface area contributed by atoms with Gasteiger partial charge in [-0.15, -0.1) is 0 Å². The molecule has 2 aromatic rings. The molecule has 2 rings (SSSR count). The van der Waals surface area contributed by atoms with Crippen LogP contribution in [0.25, 0.3) is 0 Å². The first-order valence-corrected chi connectivity index (χ1v) is 7.11. The molecule has 94 valence electrons. The quantitative estimate of drug-likeness (QED) is 0.585. The molecule has 0 saturated heterocycles. The van der Waals surface area contributed by atoms with Gasteiger partial charge in [-0.05, 0) is 29.7 Å². The van der Waals surface area contributed by atoms with Crippen molar-refractivity contribution in [3.63, 3.8) is 0 Å². The molecular formula is C13H12Cl2N2S. The Labute approximate surface area is 121 Å². The minimum absolute atomic E-state index is 0.183. The van der Waals surface area contributed by atoms with Gasteiger partial charge in [0.1, 0.15) is 10.2 Å². The van der Waals surface area contributed by atoms with E-state index in [0.29, 0.717) is 5.15 Å². The Balaban J connectivity index is 2.43. The number of hydrogen-bond donors (Lipinski definition) is 0. The van der Waals surface area contributed by atoms with Crippen LogP contribution in [0.5, 0.6) is 0 Å². The second-order valence-corrected chi connectivity index (χ2v) is 5.83. The van der Waals surface area contributed by atoms with Gasteiger partial charge in [0.2, 0.25) is 5.28 Å². The van der Waals surface area contributed by atoms with Crippen LogP contribution in [0.4, 0.5) is 0 Å². The lowest BCUT2D eigenvalue weighted by atomic mass is 10.1. The summed E-state index contributed by atoms with van der Waals surface area (Å²) in [6.07, 6.45) is 0. The van der Waals surface area contributed by atoms with Crippen molar-refractivity contribution in [3.05, 3.63) is 46.3 Å². The summed E-state index contributed by atoms with van der Waals surface area (Å²) in [4.78, 5) is 9.39. The molecule has 0 spiro atoms. The Bertz CT molecular complexity index is 544. The molecule has 0 fully saturated rings. The predicted molar refractivity (Wildman–Crippen MR) is 76.7 cm³/mol. The molecule has 1 heterocycles. The Kier molecular flexibility index (Phi) is 4.49. The Morgan fingerprint density at radius 1 is 1.06 bits per heavy atom. The van der Waals surface area contributed by atoms with Crippen LogP contribution in [-0.2, 0) is 0 Å². The van der Waals surface area contributed by atoms with Crippen LogP contribution in [0.2, 0.25) is 10.4 Å². The Hall–Kier alpha value is -0.770. The van der Waals surface area contributed by atoms with Gasteiger partial charge < -0.3 is 0 Å². The lowest BCUT2D eigenvalue weighted by molar-refractivity contribution is 0.803. The van der Waals surface area contributed by atoms with Gasteiger partial charge in [-0.3, -0.25) is 0 Å². The van der Waals surface area contributed by atoms with E-state index in [9.17, 15) is 0 Å². The lowest BCUT2D eigenvalue weighted by Crippen LogP contribution is -1.99. The molecule has 5 heteroatoms. The molecule has 0 radical (unpaired) electrons. The fraction of sp³-hybridized carbons (Fsp3) is 0.231. The maximum Gasteiger partial charge on any atom is 0.224 e. The number of hydrogen-bond acceptors (Lipinski definition) is 3. The van der Waals surface area contributed by atoms with Crippen molar-refractivity contribution in [2.75, 3.05) is 0 Å². The molecule has 0 N–H and O–H groups in total. The molecule has 0 bridgehead atoms. The zero-order chi connectivity index (χ0) is 13.1. The summed E-state index contributed by atoms with van der Waals surface area (Å²) in [6, 6.07) is 10.0. The molecule has 0 saturated carbocycles. The van der Waals surface area contributed by atoms with Gasteiger partial charge in [-0.2, -0.15) is 0 Å². The maximum atomic E-state index is 6.15. The third-order valence-corrected chi connectivity index (χ3v) is 3.84. The van der Waals surface area contributed by atoms with Crippen LogP contribution in [0.3, 0.4) is 0 Å². The number of rotatable bonds is 3.